The van der Waals surface area contributed by atoms with E-state index >= 15 is 0 Å². The van der Waals surface area contributed by atoms with Gasteiger partial charge in [-0.1, -0.05) is 6.07 Å². The van der Waals surface area contributed by atoms with E-state index in [0.29, 0.717) is 39.4 Å². The summed E-state index contributed by atoms with van der Waals surface area (Å²) in [6.45, 7) is 2.13. The summed E-state index contributed by atoms with van der Waals surface area (Å²) in [6.07, 6.45) is 3.18. The molecule has 0 spiro atoms. The normalized spacial score (nSPS) is 10.9. The first-order chi connectivity index (χ1) is 16.9. The van der Waals surface area contributed by atoms with Crippen molar-refractivity contribution >= 4 is 11.3 Å². The first kappa shape index (κ1) is 21.7. The summed E-state index contributed by atoms with van der Waals surface area (Å²) >= 11 is 0. The van der Waals surface area contributed by atoms with Crippen LogP contribution in [0.3, 0.4) is 0 Å². The second kappa shape index (κ2) is 8.68. The van der Waals surface area contributed by atoms with Gasteiger partial charge >= 0.3 is 6.01 Å². The van der Waals surface area contributed by atoms with Crippen molar-refractivity contribution < 1.29 is 4.74 Å². The minimum Gasteiger partial charge on any atom is -0.456 e. The molecular formula is C24H19N9O2. The molecule has 0 aliphatic carbocycles. The Balaban J connectivity index is 1.69. The van der Waals surface area contributed by atoms with Crippen molar-refractivity contribution in [2.45, 2.75) is 13.5 Å². The number of ether oxygens (including phenoxy) is 1. The number of aryl methyl sites for hydroxylation is 2. The maximum atomic E-state index is 12.0. The molecule has 0 bridgehead atoms. The van der Waals surface area contributed by atoms with Crippen LogP contribution in [0.4, 0.5) is 5.69 Å². The third kappa shape index (κ3) is 4.04. The molecule has 0 amide bonds. The summed E-state index contributed by atoms with van der Waals surface area (Å²) in [7, 11) is 1.55. The number of nitrogens with zero attached hydrogens (tertiary/aromatic N) is 8. The van der Waals surface area contributed by atoms with Gasteiger partial charge in [0.15, 0.2) is 5.65 Å². The van der Waals surface area contributed by atoms with E-state index in [-0.39, 0.29) is 18.2 Å². The average molecular weight is 465 g/mol. The number of hydrogen-bond acceptors (Lipinski definition) is 9. The van der Waals surface area contributed by atoms with Crippen LogP contribution in [0.25, 0.3) is 28.2 Å². The highest BCUT2D eigenvalue weighted by Gasteiger charge is 2.21. The fourth-order valence-electron chi connectivity index (χ4n) is 3.64. The van der Waals surface area contributed by atoms with Crippen LogP contribution in [0.2, 0.25) is 0 Å². The molecule has 2 N–H and O–H groups in total. The molecule has 0 atom stereocenters. The SMILES string of the molecule is Cc1cccnc1COc1nc2c(-c3ccc(=O)n(C)n3)c(-c3ccc(N)cc3C#N)ncn2n1. The molecule has 0 unspecified atom stereocenters. The summed E-state index contributed by atoms with van der Waals surface area (Å²) < 4.78 is 8.50. The Morgan fingerprint density at radius 1 is 1.14 bits per heavy atom. The second-order valence-electron chi connectivity index (χ2n) is 7.78. The number of rotatable bonds is 5. The number of nitrogen functional groups attached to an aromatic ring is 1. The number of benzene rings is 1. The van der Waals surface area contributed by atoms with Crippen molar-refractivity contribution in [3.05, 3.63) is 82.2 Å². The summed E-state index contributed by atoms with van der Waals surface area (Å²) in [4.78, 5) is 25.4. The van der Waals surface area contributed by atoms with Crippen LogP contribution in [0, 0.1) is 18.3 Å². The Hall–Kier alpha value is -5.11. The van der Waals surface area contributed by atoms with Crippen LogP contribution in [-0.4, -0.2) is 34.3 Å². The first-order valence-electron chi connectivity index (χ1n) is 10.6. The van der Waals surface area contributed by atoms with Crippen molar-refractivity contribution in [1.29, 1.82) is 5.26 Å². The third-order valence-corrected chi connectivity index (χ3v) is 5.46. The van der Waals surface area contributed by atoms with Crippen LogP contribution < -0.4 is 16.0 Å². The molecule has 5 rings (SSSR count). The lowest BCUT2D eigenvalue weighted by molar-refractivity contribution is 0.276. The van der Waals surface area contributed by atoms with Crippen LogP contribution in [0.1, 0.15) is 16.8 Å². The number of hydrogen-bond donors (Lipinski definition) is 1. The molecule has 0 radical (unpaired) electrons. The van der Waals surface area contributed by atoms with Crippen molar-refractivity contribution in [2.24, 2.45) is 7.05 Å². The molecule has 172 valence electrons. The maximum absolute atomic E-state index is 12.0. The molecule has 0 fully saturated rings. The Labute approximate surface area is 199 Å². The number of nitriles is 1. The number of pyridine rings is 1. The maximum Gasteiger partial charge on any atom is 0.336 e. The van der Waals surface area contributed by atoms with Gasteiger partial charge in [-0.2, -0.15) is 19.9 Å². The topological polar surface area (TPSA) is 150 Å². The van der Waals surface area contributed by atoms with Gasteiger partial charge in [-0.15, -0.1) is 5.10 Å². The first-order valence-corrected chi connectivity index (χ1v) is 10.6. The van der Waals surface area contributed by atoms with E-state index in [9.17, 15) is 10.1 Å². The van der Waals surface area contributed by atoms with E-state index in [1.54, 1.807) is 37.5 Å². The molecule has 35 heavy (non-hydrogen) atoms. The highest BCUT2D eigenvalue weighted by Crippen LogP contribution is 2.34. The monoisotopic (exact) mass is 465 g/mol. The van der Waals surface area contributed by atoms with Crippen molar-refractivity contribution in [3.8, 4) is 34.6 Å². The van der Waals surface area contributed by atoms with E-state index in [1.807, 2.05) is 19.1 Å². The molecule has 0 saturated heterocycles. The van der Waals surface area contributed by atoms with Crippen LogP contribution >= 0.6 is 0 Å². The molecule has 4 heterocycles. The number of fused-ring (bicyclic) bond motifs is 1. The lowest BCUT2D eigenvalue weighted by Crippen LogP contribution is -2.18. The number of aromatic nitrogens is 7. The molecule has 4 aromatic heterocycles. The van der Waals surface area contributed by atoms with Gasteiger partial charge in [0.25, 0.3) is 5.56 Å². The quantitative estimate of drug-likeness (QED) is 0.386. The summed E-state index contributed by atoms with van der Waals surface area (Å²) in [6, 6.07) is 14.1. The highest BCUT2D eigenvalue weighted by atomic mass is 16.5. The van der Waals surface area contributed by atoms with Gasteiger partial charge in [0.1, 0.15) is 12.9 Å². The zero-order valence-electron chi connectivity index (χ0n) is 18.9. The van der Waals surface area contributed by atoms with Gasteiger partial charge in [0, 0.05) is 30.6 Å². The minimum absolute atomic E-state index is 0.123. The minimum atomic E-state index is -0.267. The molecule has 5 aromatic rings. The van der Waals surface area contributed by atoms with Gasteiger partial charge in [-0.05, 0) is 42.8 Å². The molecule has 11 nitrogen and oxygen atoms in total. The van der Waals surface area contributed by atoms with Crippen molar-refractivity contribution in [3.63, 3.8) is 0 Å². The summed E-state index contributed by atoms with van der Waals surface area (Å²) in [5, 5.41) is 18.5. The predicted octanol–water partition coefficient (Wildman–Crippen LogP) is 2.29. The number of nitrogens with two attached hydrogens (primary N) is 1. The van der Waals surface area contributed by atoms with E-state index < -0.39 is 0 Å². The summed E-state index contributed by atoms with van der Waals surface area (Å²) in [5.41, 5.74) is 10.5. The lowest BCUT2D eigenvalue weighted by Gasteiger charge is -2.11. The summed E-state index contributed by atoms with van der Waals surface area (Å²) in [5.74, 6) is 0. The van der Waals surface area contributed by atoms with Crippen molar-refractivity contribution in [2.75, 3.05) is 5.73 Å². The fourth-order valence-corrected chi connectivity index (χ4v) is 3.64. The average Bonchev–Trinajstić information content (AvgIpc) is 3.28. The predicted molar refractivity (Wildman–Crippen MR) is 127 cm³/mol. The van der Waals surface area contributed by atoms with Gasteiger partial charge < -0.3 is 10.5 Å². The van der Waals surface area contributed by atoms with Crippen LogP contribution in [0.15, 0.2) is 59.8 Å². The molecule has 11 heteroatoms. The van der Waals surface area contributed by atoms with Crippen LogP contribution in [-0.2, 0) is 13.7 Å². The standard InChI is InChI=1S/C24H19N9O2/c1-14-4-3-9-27-19(14)12-35-24-29-23-21(18-7-8-20(34)32(2)30-18)22(28-13-33(23)31-24)17-6-5-16(26)10-15(17)11-25/h3-10,13H,12,26H2,1-2H3. The van der Waals surface area contributed by atoms with Gasteiger partial charge in [-0.25, -0.2) is 9.67 Å². The number of anilines is 1. The largest absolute Gasteiger partial charge is 0.456 e. The third-order valence-electron chi connectivity index (χ3n) is 5.46. The molecule has 0 saturated carbocycles. The Morgan fingerprint density at radius 2 is 2.00 bits per heavy atom. The Morgan fingerprint density at radius 3 is 2.77 bits per heavy atom. The molecule has 1 aromatic carbocycles. The molecule has 0 aliphatic rings. The highest BCUT2D eigenvalue weighted by molar-refractivity contribution is 5.90. The van der Waals surface area contributed by atoms with Gasteiger partial charge in [0.2, 0.25) is 0 Å². The van der Waals surface area contributed by atoms with Gasteiger partial charge in [0.05, 0.1) is 34.3 Å². The van der Waals surface area contributed by atoms with E-state index in [2.05, 4.69) is 31.2 Å². The fraction of sp³-hybridized carbons (Fsp3) is 0.125. The molecular weight excluding hydrogens is 446 g/mol. The zero-order valence-corrected chi connectivity index (χ0v) is 18.9. The lowest BCUT2D eigenvalue weighted by atomic mass is 9.99. The van der Waals surface area contributed by atoms with Gasteiger partial charge in [-0.3, -0.25) is 9.78 Å². The van der Waals surface area contributed by atoms with Crippen LogP contribution in [0.5, 0.6) is 6.01 Å². The Bertz CT molecular complexity index is 1680. The van der Waals surface area contributed by atoms with E-state index in [4.69, 9.17) is 10.5 Å². The van der Waals surface area contributed by atoms with E-state index in [1.165, 1.54) is 21.6 Å². The van der Waals surface area contributed by atoms with E-state index in [0.717, 1.165) is 11.3 Å². The Kier molecular flexibility index (Phi) is 5.39. The smallest absolute Gasteiger partial charge is 0.336 e. The second-order valence-corrected chi connectivity index (χ2v) is 7.78. The van der Waals surface area contributed by atoms with Crippen molar-refractivity contribution in [1.82, 2.24) is 34.3 Å². The molecule has 0 aliphatic heterocycles. The zero-order chi connectivity index (χ0) is 24.5.